The van der Waals surface area contributed by atoms with Gasteiger partial charge in [0.2, 0.25) is 0 Å². The van der Waals surface area contributed by atoms with Crippen LogP contribution < -0.4 is 5.32 Å². The molecule has 3 aromatic rings. The van der Waals surface area contributed by atoms with Gasteiger partial charge in [0.1, 0.15) is 12.1 Å². The standard InChI is InChI=1S/C15H19N7/c1-2-5-13-12(4-1)14(22-15(20-13)18-10-19-22)17-6-3-8-21-9-7-16-11-21/h7,9-11,17H,1-6,8H2. The zero-order valence-corrected chi connectivity index (χ0v) is 12.4. The van der Waals surface area contributed by atoms with Crippen LogP contribution in [0.1, 0.15) is 30.5 Å². The first-order valence-electron chi connectivity index (χ1n) is 7.83. The van der Waals surface area contributed by atoms with Crippen molar-refractivity contribution in [3.63, 3.8) is 0 Å². The summed E-state index contributed by atoms with van der Waals surface area (Å²) < 4.78 is 3.93. The molecule has 0 saturated heterocycles. The van der Waals surface area contributed by atoms with Gasteiger partial charge in [0.15, 0.2) is 0 Å². The van der Waals surface area contributed by atoms with E-state index in [1.165, 1.54) is 24.1 Å². The van der Waals surface area contributed by atoms with Crippen molar-refractivity contribution < 1.29 is 0 Å². The molecule has 0 bridgehead atoms. The smallest absolute Gasteiger partial charge is 0.254 e. The van der Waals surface area contributed by atoms with E-state index in [-0.39, 0.29) is 0 Å². The minimum absolute atomic E-state index is 0.692. The van der Waals surface area contributed by atoms with E-state index in [2.05, 4.69) is 29.9 Å². The first kappa shape index (κ1) is 13.2. The molecule has 0 fully saturated rings. The Morgan fingerprint density at radius 3 is 3.09 bits per heavy atom. The van der Waals surface area contributed by atoms with Gasteiger partial charge in [-0.05, 0) is 32.1 Å². The van der Waals surface area contributed by atoms with Crippen molar-refractivity contribution in [1.29, 1.82) is 0 Å². The van der Waals surface area contributed by atoms with Crippen LogP contribution in [0.3, 0.4) is 0 Å². The molecule has 7 heteroatoms. The topological polar surface area (TPSA) is 72.9 Å². The number of aryl methyl sites for hydroxylation is 2. The third kappa shape index (κ3) is 2.43. The normalized spacial score (nSPS) is 14.2. The Hall–Kier alpha value is -2.44. The Labute approximate surface area is 128 Å². The van der Waals surface area contributed by atoms with E-state index in [0.29, 0.717) is 5.78 Å². The first-order valence-corrected chi connectivity index (χ1v) is 7.83. The second-order valence-corrected chi connectivity index (χ2v) is 5.65. The van der Waals surface area contributed by atoms with E-state index in [1.54, 1.807) is 6.33 Å². The Morgan fingerprint density at radius 2 is 2.18 bits per heavy atom. The van der Waals surface area contributed by atoms with Gasteiger partial charge in [-0.2, -0.15) is 14.6 Å². The maximum atomic E-state index is 4.64. The average molecular weight is 297 g/mol. The van der Waals surface area contributed by atoms with Crippen molar-refractivity contribution in [2.45, 2.75) is 38.6 Å². The van der Waals surface area contributed by atoms with Crippen LogP contribution in [0.2, 0.25) is 0 Å². The number of hydrogen-bond acceptors (Lipinski definition) is 5. The molecule has 0 saturated carbocycles. The molecule has 0 radical (unpaired) electrons. The van der Waals surface area contributed by atoms with Gasteiger partial charge in [0, 0.05) is 31.0 Å². The van der Waals surface area contributed by atoms with E-state index in [1.807, 2.05) is 23.2 Å². The van der Waals surface area contributed by atoms with Crippen LogP contribution in [0.5, 0.6) is 0 Å². The van der Waals surface area contributed by atoms with Crippen LogP contribution in [0.4, 0.5) is 5.82 Å². The van der Waals surface area contributed by atoms with Crippen molar-refractivity contribution in [2.24, 2.45) is 0 Å². The Balaban J connectivity index is 1.53. The molecule has 3 aromatic heterocycles. The summed E-state index contributed by atoms with van der Waals surface area (Å²) in [6.07, 6.45) is 12.8. The predicted molar refractivity (Wildman–Crippen MR) is 82.8 cm³/mol. The Kier molecular flexibility index (Phi) is 3.46. The number of rotatable bonds is 5. The molecule has 1 aliphatic rings. The number of nitrogens with one attached hydrogen (secondary N) is 1. The zero-order chi connectivity index (χ0) is 14.8. The maximum Gasteiger partial charge on any atom is 0.254 e. The molecular weight excluding hydrogens is 278 g/mol. The van der Waals surface area contributed by atoms with E-state index < -0.39 is 0 Å². The van der Waals surface area contributed by atoms with Gasteiger partial charge in [-0.3, -0.25) is 0 Å². The summed E-state index contributed by atoms with van der Waals surface area (Å²) in [6, 6.07) is 0. The van der Waals surface area contributed by atoms with Crippen molar-refractivity contribution in [2.75, 3.05) is 11.9 Å². The van der Waals surface area contributed by atoms with E-state index in [9.17, 15) is 0 Å². The summed E-state index contributed by atoms with van der Waals surface area (Å²) in [5.41, 5.74) is 2.50. The molecule has 4 rings (SSSR count). The minimum atomic E-state index is 0.692. The molecule has 0 spiro atoms. The number of hydrogen-bond donors (Lipinski definition) is 1. The van der Waals surface area contributed by atoms with E-state index in [0.717, 1.165) is 38.2 Å². The van der Waals surface area contributed by atoms with Crippen LogP contribution in [-0.2, 0) is 19.4 Å². The quantitative estimate of drug-likeness (QED) is 0.726. The molecule has 0 aliphatic heterocycles. The van der Waals surface area contributed by atoms with Gasteiger partial charge >= 0.3 is 0 Å². The molecule has 114 valence electrons. The first-order chi connectivity index (χ1) is 10.9. The fourth-order valence-electron chi connectivity index (χ4n) is 3.05. The third-order valence-electron chi connectivity index (χ3n) is 4.15. The van der Waals surface area contributed by atoms with Gasteiger partial charge < -0.3 is 9.88 Å². The zero-order valence-electron chi connectivity index (χ0n) is 12.4. The fourth-order valence-corrected chi connectivity index (χ4v) is 3.05. The summed E-state index contributed by atoms with van der Waals surface area (Å²) in [4.78, 5) is 12.9. The number of imidazole rings is 1. The summed E-state index contributed by atoms with van der Waals surface area (Å²) >= 11 is 0. The second-order valence-electron chi connectivity index (χ2n) is 5.65. The molecule has 0 unspecified atom stereocenters. The lowest BCUT2D eigenvalue weighted by Crippen LogP contribution is -2.16. The maximum absolute atomic E-state index is 4.64. The monoisotopic (exact) mass is 297 g/mol. The molecule has 3 heterocycles. The van der Waals surface area contributed by atoms with Gasteiger partial charge in [-0.15, -0.1) is 0 Å². The van der Waals surface area contributed by atoms with Gasteiger partial charge in [-0.1, -0.05) is 0 Å². The second kappa shape index (κ2) is 5.75. The van der Waals surface area contributed by atoms with Crippen LogP contribution in [-0.4, -0.2) is 35.7 Å². The van der Waals surface area contributed by atoms with Crippen molar-refractivity contribution in [3.05, 3.63) is 36.3 Å². The summed E-state index contributed by atoms with van der Waals surface area (Å²) in [6.45, 7) is 1.85. The van der Waals surface area contributed by atoms with Crippen molar-refractivity contribution >= 4 is 11.6 Å². The van der Waals surface area contributed by atoms with Gasteiger partial charge in [-0.25, -0.2) is 9.97 Å². The molecule has 0 amide bonds. The number of fused-ring (bicyclic) bond motifs is 2. The molecule has 22 heavy (non-hydrogen) atoms. The summed E-state index contributed by atoms with van der Waals surface area (Å²) in [7, 11) is 0. The third-order valence-corrected chi connectivity index (χ3v) is 4.15. The van der Waals surface area contributed by atoms with Gasteiger partial charge in [0.05, 0.1) is 12.0 Å². The number of aromatic nitrogens is 6. The molecular formula is C15H19N7. The lowest BCUT2D eigenvalue weighted by molar-refractivity contribution is 0.647. The van der Waals surface area contributed by atoms with E-state index >= 15 is 0 Å². The van der Waals surface area contributed by atoms with Crippen LogP contribution in [0.15, 0.2) is 25.0 Å². The fraction of sp³-hybridized carbons (Fsp3) is 0.467. The largest absolute Gasteiger partial charge is 0.370 e. The molecule has 1 aliphatic carbocycles. The Morgan fingerprint density at radius 1 is 1.23 bits per heavy atom. The Bertz CT molecular complexity index is 760. The lowest BCUT2D eigenvalue weighted by atomic mass is 9.96. The summed E-state index contributed by atoms with van der Waals surface area (Å²) in [5, 5.41) is 7.87. The van der Waals surface area contributed by atoms with Gasteiger partial charge in [0.25, 0.3) is 5.78 Å². The van der Waals surface area contributed by atoms with Crippen LogP contribution in [0, 0.1) is 0 Å². The van der Waals surface area contributed by atoms with Crippen molar-refractivity contribution in [1.82, 2.24) is 29.1 Å². The van der Waals surface area contributed by atoms with E-state index in [4.69, 9.17) is 0 Å². The molecule has 7 nitrogen and oxygen atoms in total. The number of nitrogens with zero attached hydrogens (tertiary/aromatic N) is 6. The van der Waals surface area contributed by atoms with Crippen LogP contribution in [0.25, 0.3) is 5.78 Å². The average Bonchev–Trinajstić information content (AvgIpc) is 3.21. The highest BCUT2D eigenvalue weighted by atomic mass is 15.4. The van der Waals surface area contributed by atoms with Crippen molar-refractivity contribution in [3.8, 4) is 0 Å². The van der Waals surface area contributed by atoms with Crippen LogP contribution >= 0.6 is 0 Å². The molecule has 0 aromatic carbocycles. The lowest BCUT2D eigenvalue weighted by Gasteiger charge is -2.19. The molecule has 0 atom stereocenters. The SMILES string of the molecule is c1cn(CCCNc2c3c(nc4ncnn24)CCCC3)cn1. The number of anilines is 1. The molecule has 1 N–H and O–H groups in total. The predicted octanol–water partition coefficient (Wildman–Crippen LogP) is 1.70. The highest BCUT2D eigenvalue weighted by molar-refractivity contribution is 5.53. The highest BCUT2D eigenvalue weighted by Crippen LogP contribution is 2.26. The summed E-state index contributed by atoms with van der Waals surface area (Å²) in [5.74, 6) is 1.76. The highest BCUT2D eigenvalue weighted by Gasteiger charge is 2.19. The minimum Gasteiger partial charge on any atom is -0.370 e.